The fourth-order valence-electron chi connectivity index (χ4n) is 3.46. The van der Waals surface area contributed by atoms with E-state index in [0.717, 1.165) is 33.9 Å². The number of aromatic nitrogens is 1. The van der Waals surface area contributed by atoms with E-state index < -0.39 is 11.7 Å². The van der Waals surface area contributed by atoms with Crippen molar-refractivity contribution in [1.82, 2.24) is 9.88 Å². The second kappa shape index (κ2) is 8.14. The molecule has 2 aromatic carbocycles. The summed E-state index contributed by atoms with van der Waals surface area (Å²) in [5.41, 5.74) is 1.87. The zero-order valence-electron chi connectivity index (χ0n) is 16.4. The molecule has 0 bridgehead atoms. The summed E-state index contributed by atoms with van der Waals surface area (Å²) in [5.74, 6) is 0. The first-order valence-electron chi connectivity index (χ1n) is 9.71. The van der Waals surface area contributed by atoms with Crippen LogP contribution < -0.4 is 10.2 Å². The fourth-order valence-corrected chi connectivity index (χ4v) is 4.53. The molecule has 0 spiro atoms. The van der Waals surface area contributed by atoms with Crippen LogP contribution in [0.25, 0.3) is 10.2 Å². The molecular weight excluding hydrogens is 413 g/mol. The lowest BCUT2D eigenvalue weighted by Gasteiger charge is -2.34. The standard InChI is InChI=1S/C21H21F3N4OS/c1-2-14-4-3-5-17-18(14)26-20(30-17)28-12-10-27(11-13-28)19(29)25-16-8-6-15(7-9-16)21(22,23)24/h3-9H,2,10-13H2,1H3,(H,25,29). The van der Waals surface area contributed by atoms with Gasteiger partial charge in [-0.05, 0) is 42.3 Å². The average Bonchev–Trinajstić information content (AvgIpc) is 3.18. The number of urea groups is 1. The third-order valence-corrected chi connectivity index (χ3v) is 6.25. The molecule has 5 nitrogen and oxygen atoms in total. The van der Waals surface area contributed by atoms with Crippen LogP contribution in [0.1, 0.15) is 18.1 Å². The first-order chi connectivity index (χ1) is 14.3. The van der Waals surface area contributed by atoms with Crippen molar-refractivity contribution < 1.29 is 18.0 Å². The largest absolute Gasteiger partial charge is 0.416 e. The maximum atomic E-state index is 12.7. The number of amides is 2. The number of benzene rings is 2. The predicted molar refractivity (Wildman–Crippen MR) is 113 cm³/mol. The van der Waals surface area contributed by atoms with Crippen LogP contribution in [0, 0.1) is 0 Å². The molecule has 9 heteroatoms. The third kappa shape index (κ3) is 4.21. The van der Waals surface area contributed by atoms with Crippen LogP contribution in [-0.2, 0) is 12.6 Å². The van der Waals surface area contributed by atoms with Crippen LogP contribution in [0.3, 0.4) is 0 Å². The van der Waals surface area contributed by atoms with Gasteiger partial charge in [-0.1, -0.05) is 30.4 Å². The van der Waals surface area contributed by atoms with Gasteiger partial charge in [-0.25, -0.2) is 9.78 Å². The number of halogens is 3. The minimum atomic E-state index is -4.39. The highest BCUT2D eigenvalue weighted by molar-refractivity contribution is 7.22. The van der Waals surface area contributed by atoms with Gasteiger partial charge >= 0.3 is 12.2 Å². The maximum Gasteiger partial charge on any atom is 0.416 e. The number of piperazine rings is 1. The van der Waals surface area contributed by atoms with Crippen molar-refractivity contribution in [2.24, 2.45) is 0 Å². The lowest BCUT2D eigenvalue weighted by atomic mass is 10.1. The number of nitrogens with zero attached hydrogens (tertiary/aromatic N) is 3. The van der Waals surface area contributed by atoms with Crippen LogP contribution in [0.4, 0.5) is 28.8 Å². The van der Waals surface area contributed by atoms with Gasteiger partial charge in [0, 0.05) is 31.9 Å². The number of thiazole rings is 1. The normalized spacial score (nSPS) is 14.9. The molecule has 0 atom stereocenters. The van der Waals surface area contributed by atoms with Crippen LogP contribution in [0.15, 0.2) is 42.5 Å². The zero-order valence-corrected chi connectivity index (χ0v) is 17.2. The molecule has 0 aliphatic carbocycles. The van der Waals surface area contributed by atoms with E-state index >= 15 is 0 Å². The molecule has 1 aromatic heterocycles. The highest BCUT2D eigenvalue weighted by Crippen LogP contribution is 2.32. The van der Waals surface area contributed by atoms with Gasteiger partial charge in [-0.3, -0.25) is 0 Å². The summed E-state index contributed by atoms with van der Waals surface area (Å²) in [6.07, 6.45) is -3.46. The summed E-state index contributed by atoms with van der Waals surface area (Å²) in [6, 6.07) is 10.4. The minimum Gasteiger partial charge on any atom is -0.345 e. The van der Waals surface area contributed by atoms with E-state index in [1.54, 1.807) is 16.2 Å². The number of alkyl halides is 3. The zero-order chi connectivity index (χ0) is 21.3. The highest BCUT2D eigenvalue weighted by atomic mass is 32.1. The van der Waals surface area contributed by atoms with E-state index in [2.05, 4.69) is 29.3 Å². The van der Waals surface area contributed by atoms with E-state index in [0.29, 0.717) is 31.9 Å². The first kappa shape index (κ1) is 20.5. The molecular formula is C21H21F3N4OS. The van der Waals surface area contributed by atoms with Gasteiger partial charge in [0.2, 0.25) is 0 Å². The van der Waals surface area contributed by atoms with Crippen LogP contribution >= 0.6 is 11.3 Å². The van der Waals surface area contributed by atoms with E-state index in [1.165, 1.54) is 17.7 Å². The number of para-hydroxylation sites is 1. The smallest absolute Gasteiger partial charge is 0.345 e. The Bertz CT molecular complexity index is 1040. The Morgan fingerprint density at radius 2 is 1.80 bits per heavy atom. The van der Waals surface area contributed by atoms with E-state index in [4.69, 9.17) is 4.98 Å². The Balaban J connectivity index is 1.37. The Morgan fingerprint density at radius 1 is 1.10 bits per heavy atom. The lowest BCUT2D eigenvalue weighted by molar-refractivity contribution is -0.137. The number of carbonyl (C=O) groups is 1. The minimum absolute atomic E-state index is 0.313. The van der Waals surface area contributed by atoms with Crippen LogP contribution in [0.5, 0.6) is 0 Å². The molecule has 0 radical (unpaired) electrons. The Hall–Kier alpha value is -2.81. The highest BCUT2D eigenvalue weighted by Gasteiger charge is 2.30. The molecule has 2 amide bonds. The monoisotopic (exact) mass is 434 g/mol. The maximum absolute atomic E-state index is 12.7. The summed E-state index contributed by atoms with van der Waals surface area (Å²) in [7, 11) is 0. The molecule has 1 fully saturated rings. The summed E-state index contributed by atoms with van der Waals surface area (Å²) in [5, 5.41) is 3.62. The second-order valence-corrected chi connectivity index (χ2v) is 8.10. The van der Waals surface area contributed by atoms with Crippen LogP contribution in [0.2, 0.25) is 0 Å². The van der Waals surface area contributed by atoms with Gasteiger partial charge < -0.3 is 15.1 Å². The molecule has 1 saturated heterocycles. The molecule has 2 heterocycles. The summed E-state index contributed by atoms with van der Waals surface area (Å²) in [4.78, 5) is 21.1. The molecule has 1 N–H and O–H groups in total. The number of fused-ring (bicyclic) bond motifs is 1. The average molecular weight is 434 g/mol. The van der Waals surface area contributed by atoms with Gasteiger partial charge in [-0.15, -0.1) is 0 Å². The van der Waals surface area contributed by atoms with E-state index in [9.17, 15) is 18.0 Å². The van der Waals surface area contributed by atoms with Gasteiger partial charge in [0.1, 0.15) is 0 Å². The molecule has 1 aliphatic rings. The van der Waals surface area contributed by atoms with Gasteiger partial charge in [-0.2, -0.15) is 13.2 Å². The third-order valence-electron chi connectivity index (χ3n) is 5.17. The molecule has 30 heavy (non-hydrogen) atoms. The van der Waals surface area contributed by atoms with Gasteiger partial charge in [0.05, 0.1) is 15.8 Å². The van der Waals surface area contributed by atoms with Gasteiger partial charge in [0.15, 0.2) is 5.13 Å². The van der Waals surface area contributed by atoms with E-state index in [1.807, 2.05) is 6.07 Å². The molecule has 1 aliphatic heterocycles. The van der Waals surface area contributed by atoms with Crippen molar-refractivity contribution in [3.8, 4) is 0 Å². The number of nitrogens with one attached hydrogen (secondary N) is 1. The van der Waals surface area contributed by atoms with Gasteiger partial charge in [0.25, 0.3) is 0 Å². The van der Waals surface area contributed by atoms with Crippen molar-refractivity contribution in [1.29, 1.82) is 0 Å². The van der Waals surface area contributed by atoms with Crippen LogP contribution in [-0.4, -0.2) is 42.1 Å². The number of carbonyl (C=O) groups excluding carboxylic acids is 1. The quantitative estimate of drug-likeness (QED) is 0.614. The Morgan fingerprint density at radius 3 is 2.43 bits per heavy atom. The molecule has 158 valence electrons. The first-order valence-corrected chi connectivity index (χ1v) is 10.5. The lowest BCUT2D eigenvalue weighted by Crippen LogP contribution is -2.50. The topological polar surface area (TPSA) is 48.5 Å². The van der Waals surface area contributed by atoms with Crippen molar-refractivity contribution in [2.45, 2.75) is 19.5 Å². The summed E-state index contributed by atoms with van der Waals surface area (Å²) in [6.45, 7) is 4.46. The van der Waals surface area contributed by atoms with Crippen molar-refractivity contribution in [3.05, 3.63) is 53.6 Å². The second-order valence-electron chi connectivity index (χ2n) is 7.09. The van der Waals surface area contributed by atoms with E-state index in [-0.39, 0.29) is 6.03 Å². The van der Waals surface area contributed by atoms with Crippen molar-refractivity contribution >= 4 is 38.4 Å². The molecule has 0 saturated carbocycles. The molecule has 0 unspecified atom stereocenters. The number of rotatable bonds is 3. The number of hydrogen-bond donors (Lipinski definition) is 1. The Kier molecular flexibility index (Phi) is 5.55. The Labute approximate surface area is 176 Å². The fraction of sp³-hybridized carbons (Fsp3) is 0.333. The SMILES string of the molecule is CCc1cccc2sc(N3CCN(C(=O)Nc4ccc(C(F)(F)F)cc4)CC3)nc12. The summed E-state index contributed by atoms with van der Waals surface area (Å²) >= 11 is 1.65. The predicted octanol–water partition coefficient (Wildman–Crippen LogP) is 5.23. The molecule has 3 aromatic rings. The number of hydrogen-bond acceptors (Lipinski definition) is 4. The van der Waals surface area contributed by atoms with Crippen molar-refractivity contribution in [2.75, 3.05) is 36.4 Å². The number of anilines is 2. The molecule has 4 rings (SSSR count). The number of aryl methyl sites for hydroxylation is 1. The van der Waals surface area contributed by atoms with Crippen molar-refractivity contribution in [3.63, 3.8) is 0 Å². The summed E-state index contributed by atoms with van der Waals surface area (Å²) < 4.78 is 39.1.